The number of pyridine rings is 1. The molecule has 1 aliphatic heterocycles. The first kappa shape index (κ1) is 18.7. The Balaban J connectivity index is 1.60. The lowest BCUT2D eigenvalue weighted by molar-refractivity contribution is 0.0240. The number of nitrogens with zero attached hydrogens (tertiary/aromatic N) is 4. The van der Waals surface area contributed by atoms with E-state index in [4.69, 9.17) is 10.00 Å². The van der Waals surface area contributed by atoms with Crippen LogP contribution < -0.4 is 4.90 Å². The summed E-state index contributed by atoms with van der Waals surface area (Å²) in [5.74, 6) is 0.899. The normalized spacial score (nSPS) is 14.6. The van der Waals surface area contributed by atoms with Crippen LogP contribution in [0.3, 0.4) is 0 Å². The van der Waals surface area contributed by atoms with E-state index < -0.39 is 5.60 Å². The van der Waals surface area contributed by atoms with Crippen LogP contribution in [0, 0.1) is 11.3 Å². The van der Waals surface area contributed by atoms with Crippen molar-refractivity contribution in [3.05, 3.63) is 48.2 Å². The molecular formula is C21H24N4O2. The summed E-state index contributed by atoms with van der Waals surface area (Å²) >= 11 is 0. The van der Waals surface area contributed by atoms with Gasteiger partial charge in [0.15, 0.2) is 0 Å². The Hall–Kier alpha value is -3.07. The van der Waals surface area contributed by atoms with Gasteiger partial charge >= 0.3 is 6.09 Å². The van der Waals surface area contributed by atoms with E-state index in [2.05, 4.69) is 16.0 Å². The molecule has 0 atom stereocenters. The van der Waals surface area contributed by atoms with Crippen molar-refractivity contribution in [1.82, 2.24) is 9.88 Å². The van der Waals surface area contributed by atoms with E-state index in [0.29, 0.717) is 18.7 Å². The molecule has 1 amide bonds. The van der Waals surface area contributed by atoms with Gasteiger partial charge in [0.1, 0.15) is 11.4 Å². The van der Waals surface area contributed by atoms with E-state index in [-0.39, 0.29) is 6.09 Å². The van der Waals surface area contributed by atoms with Crippen molar-refractivity contribution in [2.45, 2.75) is 26.4 Å². The van der Waals surface area contributed by atoms with Gasteiger partial charge in [-0.05, 0) is 50.6 Å². The molecule has 3 rings (SSSR count). The van der Waals surface area contributed by atoms with Crippen LogP contribution in [0.1, 0.15) is 26.3 Å². The highest BCUT2D eigenvalue weighted by Gasteiger charge is 2.26. The highest BCUT2D eigenvalue weighted by atomic mass is 16.6. The molecule has 0 unspecified atom stereocenters. The molecule has 0 aliphatic carbocycles. The van der Waals surface area contributed by atoms with Crippen molar-refractivity contribution in [2.24, 2.45) is 0 Å². The van der Waals surface area contributed by atoms with Crippen molar-refractivity contribution in [1.29, 1.82) is 5.26 Å². The first-order chi connectivity index (χ1) is 12.9. The number of rotatable bonds is 2. The second-order valence-corrected chi connectivity index (χ2v) is 7.55. The maximum atomic E-state index is 12.2. The zero-order valence-electron chi connectivity index (χ0n) is 16.0. The smallest absolute Gasteiger partial charge is 0.410 e. The quantitative estimate of drug-likeness (QED) is 0.813. The third-order valence-corrected chi connectivity index (χ3v) is 4.35. The van der Waals surface area contributed by atoms with Crippen molar-refractivity contribution >= 4 is 11.9 Å². The molecule has 2 aromatic rings. The summed E-state index contributed by atoms with van der Waals surface area (Å²) in [4.78, 5) is 20.6. The van der Waals surface area contributed by atoms with Crippen LogP contribution in [-0.4, -0.2) is 47.8 Å². The Morgan fingerprint density at radius 2 is 1.67 bits per heavy atom. The Bertz CT molecular complexity index is 824. The van der Waals surface area contributed by atoms with Crippen LogP contribution in [0.2, 0.25) is 0 Å². The molecule has 0 bridgehead atoms. The predicted molar refractivity (Wildman–Crippen MR) is 104 cm³/mol. The molecule has 0 saturated carbocycles. The third-order valence-electron chi connectivity index (χ3n) is 4.35. The van der Waals surface area contributed by atoms with E-state index in [1.54, 1.807) is 17.0 Å². The lowest BCUT2D eigenvalue weighted by Gasteiger charge is -2.36. The Labute approximate surface area is 160 Å². The fourth-order valence-corrected chi connectivity index (χ4v) is 2.93. The minimum Gasteiger partial charge on any atom is -0.444 e. The van der Waals surface area contributed by atoms with Crippen LogP contribution in [0.4, 0.5) is 10.6 Å². The summed E-state index contributed by atoms with van der Waals surface area (Å²) in [6.45, 7) is 8.31. The molecule has 1 fully saturated rings. The largest absolute Gasteiger partial charge is 0.444 e. The van der Waals surface area contributed by atoms with Gasteiger partial charge in [-0.2, -0.15) is 5.26 Å². The van der Waals surface area contributed by atoms with Gasteiger partial charge < -0.3 is 14.5 Å². The molecule has 140 valence electrons. The van der Waals surface area contributed by atoms with Gasteiger partial charge in [0.05, 0.1) is 11.6 Å². The number of benzene rings is 1. The number of aromatic nitrogens is 1. The fraction of sp³-hybridized carbons (Fsp3) is 0.381. The molecule has 1 aliphatic rings. The van der Waals surface area contributed by atoms with Crippen LogP contribution in [0.25, 0.3) is 11.1 Å². The number of carbonyl (C=O) groups is 1. The van der Waals surface area contributed by atoms with Crippen LogP contribution in [0.15, 0.2) is 42.6 Å². The maximum absolute atomic E-state index is 12.2. The predicted octanol–water partition coefficient (Wildman–Crippen LogP) is 3.68. The zero-order chi connectivity index (χ0) is 19.4. The number of nitriles is 1. The molecule has 1 aromatic carbocycles. The van der Waals surface area contributed by atoms with Gasteiger partial charge in [0.2, 0.25) is 0 Å². The number of carbonyl (C=O) groups excluding carboxylic acids is 1. The van der Waals surface area contributed by atoms with E-state index in [1.165, 1.54) is 0 Å². The molecular weight excluding hydrogens is 340 g/mol. The van der Waals surface area contributed by atoms with Gasteiger partial charge in [0, 0.05) is 37.9 Å². The number of hydrogen-bond donors (Lipinski definition) is 0. The van der Waals surface area contributed by atoms with Gasteiger partial charge in [0.25, 0.3) is 0 Å². The topological polar surface area (TPSA) is 69.5 Å². The van der Waals surface area contributed by atoms with Crippen molar-refractivity contribution in [3.63, 3.8) is 0 Å². The second kappa shape index (κ2) is 7.67. The average molecular weight is 364 g/mol. The minimum absolute atomic E-state index is 0.258. The number of anilines is 1. The first-order valence-corrected chi connectivity index (χ1v) is 9.05. The third kappa shape index (κ3) is 4.76. The van der Waals surface area contributed by atoms with Gasteiger partial charge in [-0.3, -0.25) is 0 Å². The molecule has 2 heterocycles. The Morgan fingerprint density at radius 3 is 2.19 bits per heavy atom. The van der Waals surface area contributed by atoms with E-state index in [1.807, 2.05) is 51.2 Å². The van der Waals surface area contributed by atoms with E-state index in [0.717, 1.165) is 30.0 Å². The lowest BCUT2D eigenvalue weighted by Crippen LogP contribution is -2.50. The molecule has 1 saturated heterocycles. The summed E-state index contributed by atoms with van der Waals surface area (Å²) in [6.07, 6.45) is 1.59. The van der Waals surface area contributed by atoms with Gasteiger partial charge in [-0.25, -0.2) is 9.78 Å². The van der Waals surface area contributed by atoms with Gasteiger partial charge in [-0.15, -0.1) is 0 Å². The number of ether oxygens (including phenoxy) is 1. The number of hydrogen-bond acceptors (Lipinski definition) is 5. The molecule has 1 aromatic heterocycles. The van der Waals surface area contributed by atoms with Gasteiger partial charge in [-0.1, -0.05) is 12.1 Å². The maximum Gasteiger partial charge on any atom is 0.410 e. The molecule has 27 heavy (non-hydrogen) atoms. The van der Waals surface area contributed by atoms with E-state index in [9.17, 15) is 4.79 Å². The Morgan fingerprint density at radius 1 is 1.04 bits per heavy atom. The summed E-state index contributed by atoms with van der Waals surface area (Å²) in [7, 11) is 0. The molecule has 6 heteroatoms. The second-order valence-electron chi connectivity index (χ2n) is 7.55. The fourth-order valence-electron chi connectivity index (χ4n) is 2.93. The van der Waals surface area contributed by atoms with Crippen LogP contribution in [-0.2, 0) is 4.74 Å². The molecule has 0 N–H and O–H groups in total. The molecule has 0 radical (unpaired) electrons. The number of amides is 1. The van der Waals surface area contributed by atoms with Crippen molar-refractivity contribution in [3.8, 4) is 17.2 Å². The minimum atomic E-state index is -0.475. The zero-order valence-corrected chi connectivity index (χ0v) is 16.0. The molecule has 6 nitrogen and oxygen atoms in total. The summed E-state index contributed by atoms with van der Waals surface area (Å²) < 4.78 is 5.43. The highest BCUT2D eigenvalue weighted by molar-refractivity contribution is 5.69. The average Bonchev–Trinajstić information content (AvgIpc) is 2.67. The monoisotopic (exact) mass is 364 g/mol. The summed E-state index contributed by atoms with van der Waals surface area (Å²) in [5.41, 5.74) is 2.21. The SMILES string of the molecule is CC(C)(C)OC(=O)N1CCN(c2ccc(-c3ccc(C#N)cc3)cn2)CC1. The first-order valence-electron chi connectivity index (χ1n) is 9.05. The number of piperazine rings is 1. The summed E-state index contributed by atoms with van der Waals surface area (Å²) in [6, 6.07) is 13.6. The highest BCUT2D eigenvalue weighted by Crippen LogP contribution is 2.22. The lowest BCUT2D eigenvalue weighted by atomic mass is 10.1. The molecule has 0 spiro atoms. The Kier molecular flexibility index (Phi) is 5.31. The summed E-state index contributed by atoms with van der Waals surface area (Å²) in [5, 5.41) is 8.89. The van der Waals surface area contributed by atoms with E-state index >= 15 is 0 Å². The van der Waals surface area contributed by atoms with Crippen LogP contribution in [0.5, 0.6) is 0 Å². The van der Waals surface area contributed by atoms with Crippen LogP contribution >= 0.6 is 0 Å². The van der Waals surface area contributed by atoms with Crippen molar-refractivity contribution < 1.29 is 9.53 Å². The van der Waals surface area contributed by atoms with Crippen molar-refractivity contribution in [2.75, 3.05) is 31.1 Å². The standard InChI is InChI=1S/C21H24N4O2/c1-21(2,3)27-20(26)25-12-10-24(11-13-25)19-9-8-18(15-23-19)17-6-4-16(14-22)5-7-17/h4-9,15H,10-13H2,1-3H3.